The average Bonchev–Trinajstić information content (AvgIpc) is 2.83. The van der Waals surface area contributed by atoms with Crippen molar-refractivity contribution in [3.05, 3.63) is 41.3 Å². The van der Waals surface area contributed by atoms with E-state index in [2.05, 4.69) is 10.1 Å². The third-order valence-corrected chi connectivity index (χ3v) is 4.06. The van der Waals surface area contributed by atoms with Gasteiger partial charge in [0.2, 0.25) is 0 Å². The molecular weight excluding hydrogens is 337 g/mol. The van der Waals surface area contributed by atoms with Crippen LogP contribution in [0.4, 0.5) is 19.0 Å². The highest BCUT2D eigenvalue weighted by Gasteiger charge is 2.31. The molecule has 0 bridgehead atoms. The average molecular weight is 354 g/mol. The number of nitrogens with zero attached hydrogens (tertiary/aromatic N) is 4. The van der Waals surface area contributed by atoms with Crippen molar-refractivity contribution >= 4 is 11.8 Å². The number of aryl methyl sites for hydroxylation is 2. The van der Waals surface area contributed by atoms with Gasteiger partial charge in [-0.1, -0.05) is 0 Å². The van der Waals surface area contributed by atoms with Gasteiger partial charge in [0.05, 0.1) is 29.9 Å². The predicted molar refractivity (Wildman–Crippen MR) is 83.1 cm³/mol. The highest BCUT2D eigenvalue weighted by molar-refractivity contribution is 5.66. The zero-order valence-corrected chi connectivity index (χ0v) is 13.3. The number of pyridine rings is 1. The second kappa shape index (κ2) is 6.73. The van der Waals surface area contributed by atoms with E-state index in [0.29, 0.717) is 38.2 Å². The maximum absolute atomic E-state index is 12.9. The number of carboxylic acids is 1. The number of fused-ring (bicyclic) bond motifs is 1. The number of carbonyl (C=O) groups is 1. The molecule has 2 aromatic rings. The number of hydrogen-bond acceptors (Lipinski definition) is 4. The number of anilines is 1. The van der Waals surface area contributed by atoms with Crippen LogP contribution in [0.25, 0.3) is 0 Å². The first-order chi connectivity index (χ1) is 11.8. The number of rotatable bonds is 4. The Morgan fingerprint density at radius 2 is 2.08 bits per heavy atom. The van der Waals surface area contributed by atoms with Crippen LogP contribution in [0.15, 0.2) is 24.4 Å². The van der Waals surface area contributed by atoms with Crippen molar-refractivity contribution in [3.63, 3.8) is 0 Å². The van der Waals surface area contributed by atoms with Crippen molar-refractivity contribution in [3.8, 4) is 0 Å². The molecule has 3 heterocycles. The molecule has 1 aliphatic rings. The molecule has 134 valence electrons. The van der Waals surface area contributed by atoms with E-state index in [1.807, 2.05) is 6.07 Å². The van der Waals surface area contributed by atoms with Crippen LogP contribution in [0, 0.1) is 0 Å². The van der Waals surface area contributed by atoms with Crippen LogP contribution in [0.3, 0.4) is 0 Å². The number of alkyl halides is 3. The van der Waals surface area contributed by atoms with E-state index in [0.717, 1.165) is 17.8 Å². The number of aliphatic carboxylic acids is 1. The Labute approximate surface area is 141 Å². The summed E-state index contributed by atoms with van der Waals surface area (Å²) >= 11 is 0. The lowest BCUT2D eigenvalue weighted by atomic mass is 10.2. The molecule has 9 heteroatoms. The first-order valence-corrected chi connectivity index (χ1v) is 7.88. The number of carboxylic acid groups (broad SMARTS) is 1. The number of halogens is 3. The molecule has 6 nitrogen and oxygen atoms in total. The van der Waals surface area contributed by atoms with Gasteiger partial charge in [0.15, 0.2) is 0 Å². The van der Waals surface area contributed by atoms with Gasteiger partial charge < -0.3 is 10.0 Å². The monoisotopic (exact) mass is 354 g/mol. The normalized spacial score (nSPS) is 14.9. The summed E-state index contributed by atoms with van der Waals surface area (Å²) in [7, 11) is 0. The van der Waals surface area contributed by atoms with Crippen LogP contribution in [0.5, 0.6) is 0 Å². The zero-order chi connectivity index (χ0) is 18.0. The van der Waals surface area contributed by atoms with Crippen molar-refractivity contribution < 1.29 is 23.1 Å². The molecule has 0 amide bonds. The fourth-order valence-electron chi connectivity index (χ4n) is 2.84. The minimum absolute atomic E-state index is 0.00461. The molecule has 2 aromatic heterocycles. The Kier molecular flexibility index (Phi) is 4.65. The summed E-state index contributed by atoms with van der Waals surface area (Å²) in [5.74, 6) is -0.616. The van der Waals surface area contributed by atoms with Crippen molar-refractivity contribution in [1.29, 1.82) is 0 Å². The zero-order valence-electron chi connectivity index (χ0n) is 13.3. The van der Waals surface area contributed by atoms with Crippen molar-refractivity contribution in [2.24, 2.45) is 0 Å². The molecule has 1 N–H and O–H groups in total. The standard InChI is InChI=1S/C16H17F3N4O2/c17-16(18,19)11-4-5-20-14(8-11)22-6-1-7-23-13(10-22)9-12(21-23)2-3-15(24)25/h4-5,8-9H,1-3,6-7,10H2,(H,24,25). The van der Waals surface area contributed by atoms with Gasteiger partial charge >= 0.3 is 12.1 Å². The van der Waals surface area contributed by atoms with Crippen molar-refractivity contribution in [1.82, 2.24) is 14.8 Å². The van der Waals surface area contributed by atoms with Crippen molar-refractivity contribution in [2.75, 3.05) is 11.4 Å². The molecule has 0 aromatic carbocycles. The summed E-state index contributed by atoms with van der Waals surface area (Å²) in [4.78, 5) is 16.5. The van der Waals surface area contributed by atoms with Crippen LogP contribution < -0.4 is 4.90 Å². The Hall–Kier alpha value is -2.58. The van der Waals surface area contributed by atoms with Crippen LogP contribution in [-0.4, -0.2) is 32.4 Å². The molecule has 0 unspecified atom stereocenters. The van der Waals surface area contributed by atoms with E-state index in [-0.39, 0.29) is 12.2 Å². The van der Waals surface area contributed by atoms with Gasteiger partial charge in [-0.2, -0.15) is 18.3 Å². The molecule has 0 aliphatic carbocycles. The minimum atomic E-state index is -4.41. The lowest BCUT2D eigenvalue weighted by molar-refractivity contribution is -0.138. The van der Waals surface area contributed by atoms with Gasteiger partial charge in [-0.15, -0.1) is 0 Å². The molecule has 1 aliphatic heterocycles. The quantitative estimate of drug-likeness (QED) is 0.914. The molecule has 0 fully saturated rings. The van der Waals surface area contributed by atoms with Crippen LogP contribution >= 0.6 is 0 Å². The number of hydrogen-bond donors (Lipinski definition) is 1. The Morgan fingerprint density at radius 3 is 2.80 bits per heavy atom. The highest BCUT2D eigenvalue weighted by Crippen LogP contribution is 2.31. The van der Waals surface area contributed by atoms with Crippen LogP contribution in [-0.2, 0) is 30.5 Å². The van der Waals surface area contributed by atoms with Crippen molar-refractivity contribution in [2.45, 2.75) is 38.5 Å². The molecule has 0 radical (unpaired) electrons. The first kappa shape index (κ1) is 17.2. The van der Waals surface area contributed by atoms with Gasteiger partial charge in [0, 0.05) is 25.7 Å². The topological polar surface area (TPSA) is 71.2 Å². The Balaban J connectivity index is 1.80. The van der Waals surface area contributed by atoms with E-state index in [1.54, 1.807) is 9.58 Å². The van der Waals surface area contributed by atoms with E-state index >= 15 is 0 Å². The molecular formula is C16H17F3N4O2. The summed E-state index contributed by atoms with van der Waals surface area (Å²) in [5.41, 5.74) is 0.797. The maximum Gasteiger partial charge on any atom is 0.416 e. The second-order valence-corrected chi connectivity index (χ2v) is 5.92. The largest absolute Gasteiger partial charge is 0.481 e. The van der Waals surface area contributed by atoms with E-state index in [4.69, 9.17) is 5.11 Å². The summed E-state index contributed by atoms with van der Waals surface area (Å²) in [6, 6.07) is 3.82. The smallest absolute Gasteiger partial charge is 0.416 e. The maximum atomic E-state index is 12.9. The second-order valence-electron chi connectivity index (χ2n) is 5.92. The van der Waals surface area contributed by atoms with Crippen LogP contribution in [0.1, 0.15) is 29.8 Å². The number of aromatic nitrogens is 3. The highest BCUT2D eigenvalue weighted by atomic mass is 19.4. The predicted octanol–water partition coefficient (Wildman–Crippen LogP) is 2.72. The minimum Gasteiger partial charge on any atom is -0.481 e. The van der Waals surface area contributed by atoms with Gasteiger partial charge in [0.1, 0.15) is 5.82 Å². The molecule has 3 rings (SSSR count). The fraction of sp³-hybridized carbons (Fsp3) is 0.438. The van der Waals surface area contributed by atoms with E-state index < -0.39 is 17.7 Å². The van der Waals surface area contributed by atoms with Gasteiger partial charge in [-0.25, -0.2) is 4.98 Å². The lowest BCUT2D eigenvalue weighted by Gasteiger charge is -2.22. The molecule has 0 saturated heterocycles. The molecule has 25 heavy (non-hydrogen) atoms. The Morgan fingerprint density at radius 1 is 1.28 bits per heavy atom. The third-order valence-electron chi connectivity index (χ3n) is 4.06. The molecule has 0 saturated carbocycles. The lowest BCUT2D eigenvalue weighted by Crippen LogP contribution is -2.24. The Bertz CT molecular complexity index is 773. The molecule has 0 spiro atoms. The van der Waals surface area contributed by atoms with Gasteiger partial charge in [-0.05, 0) is 24.6 Å². The third kappa shape index (κ3) is 4.09. The van der Waals surface area contributed by atoms with E-state index in [1.165, 1.54) is 6.20 Å². The van der Waals surface area contributed by atoms with E-state index in [9.17, 15) is 18.0 Å². The summed E-state index contributed by atoms with van der Waals surface area (Å²) in [6.07, 6.45) is -2.20. The van der Waals surface area contributed by atoms with Gasteiger partial charge in [-0.3, -0.25) is 9.48 Å². The summed E-state index contributed by atoms with van der Waals surface area (Å²) in [6.45, 7) is 1.59. The fourth-order valence-corrected chi connectivity index (χ4v) is 2.84. The first-order valence-electron chi connectivity index (χ1n) is 7.88. The SMILES string of the molecule is O=C(O)CCc1cc2n(n1)CCCN(c1cc(C(F)(F)F)ccn1)C2. The van der Waals surface area contributed by atoms with Gasteiger partial charge in [0.25, 0.3) is 0 Å². The molecule has 0 atom stereocenters. The summed E-state index contributed by atoms with van der Waals surface area (Å²) < 4.78 is 40.5. The summed E-state index contributed by atoms with van der Waals surface area (Å²) in [5, 5.41) is 13.2. The van der Waals surface area contributed by atoms with Crippen LogP contribution in [0.2, 0.25) is 0 Å².